The van der Waals surface area contributed by atoms with Crippen LogP contribution in [0.15, 0.2) is 24.3 Å². The molecule has 1 aromatic carbocycles. The lowest BCUT2D eigenvalue weighted by atomic mass is 10.0. The minimum Gasteiger partial charge on any atom is -0.435 e. The maximum atomic E-state index is 12.1. The van der Waals surface area contributed by atoms with Crippen LogP contribution in [0, 0.1) is 0 Å². The maximum absolute atomic E-state index is 12.1. The third kappa shape index (κ3) is 4.93. The van der Waals surface area contributed by atoms with E-state index < -0.39 is 6.61 Å². The fourth-order valence-corrected chi connectivity index (χ4v) is 2.84. The van der Waals surface area contributed by atoms with Crippen molar-refractivity contribution in [3.8, 4) is 5.75 Å². The number of aliphatic hydroxyl groups is 1. The molecule has 0 spiro atoms. The first-order chi connectivity index (χ1) is 10.1. The van der Waals surface area contributed by atoms with E-state index in [1.54, 1.807) is 24.3 Å². The monoisotopic (exact) mass is 299 g/mol. The number of nitrogens with one attached hydrogen (secondary N) is 1. The van der Waals surface area contributed by atoms with Gasteiger partial charge in [-0.3, -0.25) is 0 Å². The largest absolute Gasteiger partial charge is 0.435 e. The zero-order chi connectivity index (χ0) is 15.2. The third-order valence-corrected chi connectivity index (χ3v) is 4.05. The molecule has 1 aromatic rings. The zero-order valence-electron chi connectivity index (χ0n) is 12.3. The summed E-state index contributed by atoms with van der Waals surface area (Å²) in [5.41, 5.74) is 0.994. The van der Waals surface area contributed by atoms with Crippen LogP contribution in [-0.2, 0) is 0 Å². The van der Waals surface area contributed by atoms with Crippen molar-refractivity contribution in [2.45, 2.75) is 63.8 Å². The van der Waals surface area contributed by atoms with Gasteiger partial charge in [0.05, 0.1) is 6.10 Å². The number of rotatable bonds is 5. The van der Waals surface area contributed by atoms with E-state index in [1.165, 1.54) is 6.42 Å². The smallest absolute Gasteiger partial charge is 0.387 e. The van der Waals surface area contributed by atoms with Crippen LogP contribution in [0.1, 0.15) is 50.6 Å². The van der Waals surface area contributed by atoms with Crippen molar-refractivity contribution in [3.63, 3.8) is 0 Å². The van der Waals surface area contributed by atoms with E-state index in [4.69, 9.17) is 0 Å². The molecule has 0 radical (unpaired) electrons. The summed E-state index contributed by atoms with van der Waals surface area (Å²) in [6.45, 7) is -0.784. The second-order valence-electron chi connectivity index (χ2n) is 5.65. The van der Waals surface area contributed by atoms with Crippen LogP contribution in [0.5, 0.6) is 5.75 Å². The molecule has 1 aliphatic rings. The quantitative estimate of drug-likeness (QED) is 0.816. The Morgan fingerprint density at radius 2 is 1.81 bits per heavy atom. The molecule has 2 rings (SSSR count). The van der Waals surface area contributed by atoms with Crippen molar-refractivity contribution in [3.05, 3.63) is 29.8 Å². The van der Waals surface area contributed by atoms with Gasteiger partial charge in [-0.2, -0.15) is 8.78 Å². The van der Waals surface area contributed by atoms with E-state index in [9.17, 15) is 13.9 Å². The van der Waals surface area contributed by atoms with E-state index in [0.29, 0.717) is 0 Å². The summed E-state index contributed by atoms with van der Waals surface area (Å²) in [6.07, 6.45) is 4.87. The van der Waals surface area contributed by atoms with Crippen LogP contribution in [0.4, 0.5) is 8.78 Å². The highest BCUT2D eigenvalue weighted by molar-refractivity contribution is 5.29. The minimum absolute atomic E-state index is 0.0587. The van der Waals surface area contributed by atoms with Crippen LogP contribution < -0.4 is 10.1 Å². The third-order valence-electron chi connectivity index (χ3n) is 4.05. The Morgan fingerprint density at radius 1 is 1.14 bits per heavy atom. The first-order valence-electron chi connectivity index (χ1n) is 7.55. The van der Waals surface area contributed by atoms with E-state index in [1.807, 2.05) is 6.92 Å². The van der Waals surface area contributed by atoms with Gasteiger partial charge in [0, 0.05) is 12.1 Å². The van der Waals surface area contributed by atoms with Gasteiger partial charge in [0.15, 0.2) is 0 Å². The lowest BCUT2D eigenvalue weighted by Gasteiger charge is -2.26. The second kappa shape index (κ2) is 7.71. The summed E-state index contributed by atoms with van der Waals surface area (Å²) in [7, 11) is 0. The standard InChI is InChI=1S/C16H23F2NO2/c1-11(19-14-5-3-2-4-6-15(14)20)12-7-9-13(10-8-12)21-16(17)18/h7-11,14-16,19-20H,2-6H2,1H3. The number of halogens is 2. The van der Waals surface area contributed by atoms with Crippen LogP contribution in [0.3, 0.4) is 0 Å². The lowest BCUT2D eigenvalue weighted by molar-refractivity contribution is -0.0498. The van der Waals surface area contributed by atoms with Gasteiger partial charge in [0.25, 0.3) is 0 Å². The molecule has 3 unspecified atom stereocenters. The SMILES string of the molecule is CC(NC1CCCCCC1O)c1ccc(OC(F)F)cc1. The number of hydrogen-bond donors (Lipinski definition) is 2. The number of alkyl halides is 2. The molecule has 3 atom stereocenters. The summed E-state index contributed by atoms with van der Waals surface area (Å²) in [5.74, 6) is 0.162. The van der Waals surface area contributed by atoms with E-state index in [0.717, 1.165) is 31.2 Å². The Morgan fingerprint density at radius 3 is 2.48 bits per heavy atom. The van der Waals surface area contributed by atoms with Crippen LogP contribution in [0.2, 0.25) is 0 Å². The minimum atomic E-state index is -2.80. The van der Waals surface area contributed by atoms with Gasteiger partial charge in [0.1, 0.15) is 5.75 Å². The van der Waals surface area contributed by atoms with Gasteiger partial charge in [-0.15, -0.1) is 0 Å². The first kappa shape index (κ1) is 16.2. The van der Waals surface area contributed by atoms with Crippen molar-refractivity contribution in [2.24, 2.45) is 0 Å². The molecule has 5 heteroatoms. The lowest BCUT2D eigenvalue weighted by Crippen LogP contribution is -2.40. The van der Waals surface area contributed by atoms with Gasteiger partial charge in [-0.25, -0.2) is 0 Å². The maximum Gasteiger partial charge on any atom is 0.387 e. The molecule has 21 heavy (non-hydrogen) atoms. The average molecular weight is 299 g/mol. The molecule has 0 amide bonds. The molecule has 1 aliphatic carbocycles. The Balaban J connectivity index is 1.94. The Kier molecular flexibility index (Phi) is 5.94. The van der Waals surface area contributed by atoms with E-state index in [2.05, 4.69) is 10.1 Å². The number of hydrogen-bond acceptors (Lipinski definition) is 3. The van der Waals surface area contributed by atoms with Gasteiger partial charge in [-0.05, 0) is 37.5 Å². The molecular formula is C16H23F2NO2. The van der Waals surface area contributed by atoms with Crippen molar-refractivity contribution in [1.29, 1.82) is 0 Å². The van der Waals surface area contributed by atoms with Crippen LogP contribution in [-0.4, -0.2) is 23.9 Å². The number of aliphatic hydroxyl groups excluding tert-OH is 1. The summed E-state index contributed by atoms with van der Waals surface area (Å²) in [6, 6.07) is 6.80. The Labute approximate surface area is 124 Å². The highest BCUT2D eigenvalue weighted by atomic mass is 19.3. The van der Waals surface area contributed by atoms with E-state index >= 15 is 0 Å². The predicted molar refractivity (Wildman–Crippen MR) is 77.5 cm³/mol. The van der Waals surface area contributed by atoms with E-state index in [-0.39, 0.29) is 23.9 Å². The fourth-order valence-electron chi connectivity index (χ4n) is 2.84. The number of ether oxygens (including phenoxy) is 1. The van der Waals surface area contributed by atoms with Gasteiger partial charge in [0.2, 0.25) is 0 Å². The van der Waals surface area contributed by atoms with Crippen LogP contribution >= 0.6 is 0 Å². The first-order valence-corrected chi connectivity index (χ1v) is 7.55. The summed E-state index contributed by atoms with van der Waals surface area (Å²) in [4.78, 5) is 0. The molecule has 1 saturated carbocycles. The summed E-state index contributed by atoms with van der Waals surface area (Å²) >= 11 is 0. The van der Waals surface area contributed by atoms with Crippen molar-refractivity contribution in [2.75, 3.05) is 0 Å². The predicted octanol–water partition coefficient (Wildman–Crippen LogP) is 3.63. The van der Waals surface area contributed by atoms with Crippen molar-refractivity contribution >= 4 is 0 Å². The molecule has 3 nitrogen and oxygen atoms in total. The van der Waals surface area contributed by atoms with Gasteiger partial charge >= 0.3 is 6.61 Å². The van der Waals surface area contributed by atoms with Crippen molar-refractivity contribution in [1.82, 2.24) is 5.32 Å². The Hall–Kier alpha value is -1.20. The molecule has 0 bridgehead atoms. The molecule has 1 fully saturated rings. The number of benzene rings is 1. The highest BCUT2D eigenvalue weighted by Crippen LogP contribution is 2.23. The van der Waals surface area contributed by atoms with Crippen LogP contribution in [0.25, 0.3) is 0 Å². The molecule has 0 saturated heterocycles. The van der Waals surface area contributed by atoms with Crippen molar-refractivity contribution < 1.29 is 18.6 Å². The second-order valence-corrected chi connectivity index (χ2v) is 5.65. The molecular weight excluding hydrogens is 276 g/mol. The molecule has 118 valence electrons. The average Bonchev–Trinajstić information content (AvgIpc) is 2.64. The molecule has 0 heterocycles. The summed E-state index contributed by atoms with van der Waals surface area (Å²) < 4.78 is 28.6. The van der Waals surface area contributed by atoms with Gasteiger partial charge in [-0.1, -0.05) is 31.4 Å². The fraction of sp³-hybridized carbons (Fsp3) is 0.625. The molecule has 2 N–H and O–H groups in total. The Bertz CT molecular complexity index is 425. The summed E-state index contributed by atoms with van der Waals surface area (Å²) in [5, 5.41) is 13.6. The molecule has 0 aliphatic heterocycles. The molecule has 0 aromatic heterocycles. The normalized spacial score (nSPS) is 24.6. The highest BCUT2D eigenvalue weighted by Gasteiger charge is 2.23. The van der Waals surface area contributed by atoms with Gasteiger partial charge < -0.3 is 15.2 Å². The topological polar surface area (TPSA) is 41.5 Å². The zero-order valence-corrected chi connectivity index (χ0v) is 12.3.